The Hall–Kier alpha value is -2.30. The van der Waals surface area contributed by atoms with E-state index in [4.69, 9.17) is 23.2 Å². The number of hydrogen-bond donors (Lipinski definition) is 4. The Morgan fingerprint density at radius 3 is 1.65 bits per heavy atom. The molecular weight excluding hydrogens is 654 g/mol. The highest BCUT2D eigenvalue weighted by Gasteiger charge is 2.35. The van der Waals surface area contributed by atoms with E-state index in [1.165, 1.54) is 17.2 Å². The number of hydrogen-bond acceptors (Lipinski definition) is 7. The number of H-pyrrole nitrogens is 4. The second-order valence-electron chi connectivity index (χ2n) is 5.52. The first-order valence-corrected chi connectivity index (χ1v) is 13.4. The molecule has 3 aromatic heterocycles. The third-order valence-electron chi connectivity index (χ3n) is 2.83. The fraction of sp³-hybridized carbons (Fsp3) is 0.143. The maximum atomic E-state index is 12.0. The van der Waals surface area contributed by atoms with Gasteiger partial charge in [0, 0.05) is 24.7 Å². The highest BCUT2D eigenvalue weighted by Crippen LogP contribution is 2.61. The van der Waals surface area contributed by atoms with Crippen LogP contribution in [0.5, 0.6) is 0 Å². The predicted molar refractivity (Wildman–Crippen MR) is 123 cm³/mol. The molecule has 0 spiro atoms. The van der Waals surface area contributed by atoms with E-state index >= 15 is 0 Å². The number of rotatable bonds is 0. The smallest absolute Gasteiger partial charge is 0.314 e. The van der Waals surface area contributed by atoms with E-state index in [-0.39, 0.29) is 10.8 Å². The molecule has 3 heterocycles. The van der Waals surface area contributed by atoms with Gasteiger partial charge >= 0.3 is 28.9 Å². The van der Waals surface area contributed by atoms with Gasteiger partial charge in [0.05, 0.1) is 0 Å². The first-order valence-electron chi connectivity index (χ1n) is 8.22. The van der Waals surface area contributed by atoms with E-state index in [9.17, 15) is 50.1 Å². The van der Waals surface area contributed by atoms with Gasteiger partial charge in [-0.1, -0.05) is 11.6 Å². The summed E-state index contributed by atoms with van der Waals surface area (Å²) in [6.07, 6.45) is -7.11. The average molecular weight is 662 g/mol. The van der Waals surface area contributed by atoms with Gasteiger partial charge in [0.15, 0.2) is 0 Å². The molecule has 0 aromatic carbocycles. The topological polar surface area (TPSA) is 174 Å². The van der Waals surface area contributed by atoms with Crippen LogP contribution in [0.25, 0.3) is 0 Å². The Labute approximate surface area is 222 Å². The fourth-order valence-corrected chi connectivity index (χ4v) is 1.95. The number of nitrogens with one attached hydrogen (secondary N) is 4. The number of halogens is 11. The SMILES string of the molecule is FC(F)(F)c1cnc(Cl)nc1Cl.O=P(Cl)(Cl)Cl.O=c1[nH]cc(C(F)(F)F)c(=O)[nH]1.O=c1cc[nH]c(=O)[nH]1. The molecule has 0 unspecified atom stereocenters. The van der Waals surface area contributed by atoms with E-state index in [0.717, 1.165) is 0 Å². The Morgan fingerprint density at radius 1 is 0.811 bits per heavy atom. The Bertz CT molecular complexity index is 1420. The second kappa shape index (κ2) is 14.6. The van der Waals surface area contributed by atoms with Crippen molar-refractivity contribution in [1.82, 2.24) is 29.9 Å². The largest absolute Gasteiger partial charge is 0.423 e. The number of aromatic nitrogens is 6. The molecule has 0 saturated heterocycles. The van der Waals surface area contributed by atoms with Crippen molar-refractivity contribution < 1.29 is 30.9 Å². The lowest BCUT2D eigenvalue weighted by Crippen LogP contribution is -2.28. The molecule has 0 atom stereocenters. The van der Waals surface area contributed by atoms with Crippen molar-refractivity contribution in [1.29, 1.82) is 0 Å². The maximum absolute atomic E-state index is 12.0. The molecule has 4 N–H and O–H groups in total. The van der Waals surface area contributed by atoms with Crippen LogP contribution >= 0.6 is 62.1 Å². The summed E-state index contributed by atoms with van der Waals surface area (Å²) in [4.78, 5) is 54.9. The summed E-state index contributed by atoms with van der Waals surface area (Å²) in [5, 5.41) is -4.23. The van der Waals surface area contributed by atoms with E-state index in [1.807, 2.05) is 4.98 Å². The zero-order valence-electron chi connectivity index (χ0n) is 16.8. The van der Waals surface area contributed by atoms with Crippen LogP contribution in [0.1, 0.15) is 11.1 Å². The van der Waals surface area contributed by atoms with Crippen LogP contribution in [0.4, 0.5) is 26.3 Å². The lowest BCUT2D eigenvalue weighted by Gasteiger charge is -2.06. The molecule has 0 aliphatic heterocycles. The van der Waals surface area contributed by atoms with Crippen molar-refractivity contribution in [2.24, 2.45) is 0 Å². The van der Waals surface area contributed by atoms with Crippen molar-refractivity contribution in [3.63, 3.8) is 0 Å². The van der Waals surface area contributed by atoms with Crippen molar-refractivity contribution in [2.75, 3.05) is 0 Å². The monoisotopic (exact) mass is 660 g/mol. The highest BCUT2D eigenvalue weighted by molar-refractivity contribution is 8.24. The van der Waals surface area contributed by atoms with Crippen LogP contribution in [-0.2, 0) is 16.9 Å². The lowest BCUT2D eigenvalue weighted by atomic mass is 10.3. The van der Waals surface area contributed by atoms with Crippen molar-refractivity contribution in [3.8, 4) is 0 Å². The van der Waals surface area contributed by atoms with Crippen molar-refractivity contribution in [2.45, 2.75) is 12.4 Å². The van der Waals surface area contributed by atoms with Crippen molar-refractivity contribution >= 4 is 62.1 Å². The van der Waals surface area contributed by atoms with Gasteiger partial charge in [-0.3, -0.25) is 24.1 Å². The molecule has 11 nitrogen and oxygen atoms in total. The standard InChI is InChI=1S/C5HCl2F3N2.C5H3F3N2O2.C4H4N2O2.Cl3OP/c6-3-2(5(8,9)10)1-11-4(7)12-3;6-5(7,8)2-1-9-4(12)10-3(2)11;7-3-1-2-5-4(8)6-3;1-5(2,3)4/h1H;1H,(H2,9,10,11,12);1-2H,(H2,5,6,7,8);. The zero-order valence-corrected chi connectivity index (χ0v) is 21.5. The summed E-state index contributed by atoms with van der Waals surface area (Å²) in [6.45, 7) is 0. The zero-order chi connectivity index (χ0) is 29.2. The maximum Gasteiger partial charge on any atom is 0.423 e. The summed E-state index contributed by atoms with van der Waals surface area (Å²) in [7, 11) is 0. The molecule has 0 bridgehead atoms. The highest BCUT2D eigenvalue weighted by atomic mass is 36.0. The van der Waals surface area contributed by atoms with Gasteiger partial charge < -0.3 is 9.97 Å². The number of aromatic amines is 4. The van der Waals surface area contributed by atoms with Crippen LogP contribution in [0.2, 0.25) is 10.4 Å². The molecule has 0 aliphatic rings. The quantitative estimate of drug-likeness (QED) is 0.116. The van der Waals surface area contributed by atoms with Gasteiger partial charge in [-0.2, -0.15) is 26.3 Å². The normalized spacial score (nSPS) is 11.1. The molecule has 0 radical (unpaired) electrons. The predicted octanol–water partition coefficient (Wildman–Crippen LogP) is 4.76. The van der Waals surface area contributed by atoms with Gasteiger partial charge in [-0.05, 0) is 45.3 Å². The number of nitrogens with zero attached hydrogens (tertiary/aromatic N) is 2. The van der Waals surface area contributed by atoms with Gasteiger partial charge in [0.2, 0.25) is 5.28 Å². The number of alkyl halides is 6. The third kappa shape index (κ3) is 16.2. The molecule has 0 amide bonds. The first-order chi connectivity index (χ1) is 16.6. The molecule has 3 aromatic rings. The molecular formula is C14H8Cl5F6N6O5P. The minimum atomic E-state index is -4.74. The van der Waals surface area contributed by atoms with Crippen LogP contribution in [-0.4, -0.2) is 29.9 Å². The van der Waals surface area contributed by atoms with Crippen LogP contribution in [0.3, 0.4) is 0 Å². The van der Waals surface area contributed by atoms with Gasteiger partial charge in [0.1, 0.15) is 16.3 Å². The molecule has 37 heavy (non-hydrogen) atoms. The summed E-state index contributed by atoms with van der Waals surface area (Å²) >= 11 is 24.2. The molecule has 0 fully saturated rings. The summed E-state index contributed by atoms with van der Waals surface area (Å²) < 4.78 is 80.9. The Kier molecular flexibility index (Phi) is 13.7. The van der Waals surface area contributed by atoms with Crippen LogP contribution in [0.15, 0.2) is 43.8 Å². The minimum absolute atomic E-state index is 0.312. The second-order valence-corrected chi connectivity index (χ2v) is 12.9. The van der Waals surface area contributed by atoms with Crippen molar-refractivity contribution in [3.05, 3.63) is 87.9 Å². The summed E-state index contributed by atoms with van der Waals surface area (Å²) in [5.41, 5.74) is -5.76. The third-order valence-corrected chi connectivity index (χ3v) is 3.30. The Morgan fingerprint density at radius 2 is 1.30 bits per heavy atom. The Balaban J connectivity index is 0.000000490. The van der Waals surface area contributed by atoms with Gasteiger partial charge in [0.25, 0.3) is 11.1 Å². The summed E-state index contributed by atoms with van der Waals surface area (Å²) in [5.74, 6) is 0. The fourth-order valence-electron chi connectivity index (χ4n) is 1.53. The minimum Gasteiger partial charge on any atom is -0.314 e. The molecule has 0 saturated carbocycles. The van der Waals surface area contributed by atoms with Crippen LogP contribution in [0, 0.1) is 0 Å². The molecule has 23 heteroatoms. The van der Waals surface area contributed by atoms with E-state index < -0.39 is 50.8 Å². The molecule has 3 rings (SSSR count). The molecule has 206 valence electrons. The lowest BCUT2D eigenvalue weighted by molar-refractivity contribution is -0.139. The van der Waals surface area contributed by atoms with E-state index in [1.54, 1.807) is 4.98 Å². The van der Waals surface area contributed by atoms with Gasteiger partial charge in [-0.25, -0.2) is 19.6 Å². The summed E-state index contributed by atoms with van der Waals surface area (Å²) in [6, 6.07) is 1.24. The van der Waals surface area contributed by atoms with Crippen LogP contribution < -0.4 is 22.5 Å². The van der Waals surface area contributed by atoms with E-state index in [0.29, 0.717) is 12.4 Å². The van der Waals surface area contributed by atoms with Gasteiger partial charge in [-0.15, -0.1) is 0 Å². The average Bonchev–Trinajstić information content (AvgIpc) is 2.65. The first kappa shape index (κ1) is 34.7. The van der Waals surface area contributed by atoms with E-state index in [2.05, 4.69) is 48.7 Å². The molecule has 0 aliphatic carbocycles.